The van der Waals surface area contributed by atoms with Gasteiger partial charge in [0.05, 0.1) is 6.04 Å². The summed E-state index contributed by atoms with van der Waals surface area (Å²) in [6.07, 6.45) is 0. The van der Waals surface area contributed by atoms with Crippen LogP contribution in [0, 0.1) is 24.4 Å². The Kier molecular flexibility index (Phi) is 3.96. The quantitative estimate of drug-likeness (QED) is 0.876. The van der Waals surface area contributed by atoms with Crippen LogP contribution in [0.15, 0.2) is 34.8 Å². The van der Waals surface area contributed by atoms with Gasteiger partial charge in [-0.2, -0.15) is 0 Å². The second-order valence-corrected chi connectivity index (χ2v) is 5.03. The normalized spacial score (nSPS) is 12.5. The summed E-state index contributed by atoms with van der Waals surface area (Å²) in [5, 5.41) is 0. The van der Waals surface area contributed by atoms with Crippen LogP contribution in [0.5, 0.6) is 0 Å². The van der Waals surface area contributed by atoms with E-state index in [0.717, 1.165) is 5.56 Å². The maximum absolute atomic E-state index is 13.7. The van der Waals surface area contributed by atoms with E-state index in [9.17, 15) is 13.2 Å². The molecule has 0 spiro atoms. The molecule has 0 radical (unpaired) electrons. The summed E-state index contributed by atoms with van der Waals surface area (Å²) < 4.78 is 41.0. The van der Waals surface area contributed by atoms with Crippen LogP contribution in [0.25, 0.3) is 0 Å². The maximum Gasteiger partial charge on any atom is 0.134 e. The fraction of sp³-hybridized carbons (Fsp3) is 0.143. The molecule has 0 heterocycles. The highest BCUT2D eigenvalue weighted by atomic mass is 79.9. The molecule has 2 rings (SSSR count). The maximum atomic E-state index is 13.7. The van der Waals surface area contributed by atoms with Gasteiger partial charge >= 0.3 is 0 Å². The monoisotopic (exact) mass is 329 g/mol. The summed E-state index contributed by atoms with van der Waals surface area (Å²) >= 11 is 3.34. The summed E-state index contributed by atoms with van der Waals surface area (Å²) in [7, 11) is 0. The lowest BCUT2D eigenvalue weighted by Crippen LogP contribution is -2.17. The van der Waals surface area contributed by atoms with Crippen LogP contribution >= 0.6 is 15.9 Å². The van der Waals surface area contributed by atoms with Crippen LogP contribution in [-0.4, -0.2) is 0 Å². The molecular weight excluding hydrogens is 319 g/mol. The Balaban J connectivity index is 2.56. The second kappa shape index (κ2) is 5.35. The molecule has 0 saturated heterocycles. The van der Waals surface area contributed by atoms with Gasteiger partial charge in [-0.25, -0.2) is 13.2 Å². The molecule has 0 saturated carbocycles. The van der Waals surface area contributed by atoms with Gasteiger partial charge in [0.25, 0.3) is 0 Å². The molecule has 0 aliphatic rings. The van der Waals surface area contributed by atoms with Crippen molar-refractivity contribution in [2.45, 2.75) is 13.0 Å². The third kappa shape index (κ3) is 2.67. The highest BCUT2D eigenvalue weighted by molar-refractivity contribution is 9.10. The van der Waals surface area contributed by atoms with Crippen molar-refractivity contribution in [3.8, 4) is 0 Å². The minimum Gasteiger partial charge on any atom is -0.320 e. The zero-order valence-electron chi connectivity index (χ0n) is 10.1. The molecule has 5 heteroatoms. The van der Waals surface area contributed by atoms with Gasteiger partial charge in [-0.1, -0.05) is 34.1 Å². The Labute approximate surface area is 117 Å². The third-order valence-corrected chi connectivity index (χ3v) is 3.99. The van der Waals surface area contributed by atoms with Crippen molar-refractivity contribution < 1.29 is 13.2 Å². The van der Waals surface area contributed by atoms with Crippen LogP contribution in [0.2, 0.25) is 0 Å². The predicted molar refractivity (Wildman–Crippen MR) is 71.2 cm³/mol. The molecule has 1 nitrogen and oxygen atoms in total. The average Bonchev–Trinajstić information content (AvgIpc) is 2.31. The van der Waals surface area contributed by atoms with Crippen molar-refractivity contribution in [2.75, 3.05) is 0 Å². The van der Waals surface area contributed by atoms with Crippen molar-refractivity contribution in [2.24, 2.45) is 5.73 Å². The van der Waals surface area contributed by atoms with E-state index >= 15 is 0 Å². The molecule has 0 aromatic heterocycles. The summed E-state index contributed by atoms with van der Waals surface area (Å²) in [5.41, 5.74) is 7.01. The van der Waals surface area contributed by atoms with Crippen LogP contribution in [0.4, 0.5) is 13.2 Å². The Hall–Kier alpha value is -1.33. The lowest BCUT2D eigenvalue weighted by atomic mass is 9.97. The lowest BCUT2D eigenvalue weighted by molar-refractivity contribution is 0.515. The van der Waals surface area contributed by atoms with Gasteiger partial charge in [0, 0.05) is 22.2 Å². The standard InChI is InChI=1S/C14H11BrF3N/c1-7-3-2-4-9(13(7)15)14(19)12-10(17)5-8(16)6-11(12)18/h2-6,14H,19H2,1H3. The molecule has 0 aliphatic carbocycles. The van der Waals surface area contributed by atoms with Crippen LogP contribution in [0.3, 0.4) is 0 Å². The minimum atomic E-state index is -1.00. The highest BCUT2D eigenvalue weighted by Crippen LogP contribution is 2.31. The number of halogens is 4. The van der Waals surface area contributed by atoms with E-state index < -0.39 is 23.5 Å². The number of nitrogens with two attached hydrogens (primary N) is 1. The molecule has 0 amide bonds. The topological polar surface area (TPSA) is 26.0 Å². The van der Waals surface area contributed by atoms with Gasteiger partial charge in [-0.3, -0.25) is 0 Å². The number of aryl methyl sites for hydroxylation is 1. The third-order valence-electron chi connectivity index (χ3n) is 2.91. The smallest absolute Gasteiger partial charge is 0.134 e. The molecule has 0 bridgehead atoms. The van der Waals surface area contributed by atoms with Gasteiger partial charge in [0.1, 0.15) is 17.5 Å². The van der Waals surface area contributed by atoms with Crippen LogP contribution in [0.1, 0.15) is 22.7 Å². The van der Waals surface area contributed by atoms with E-state index in [1.807, 2.05) is 13.0 Å². The first kappa shape index (κ1) is 14.1. The number of rotatable bonds is 2. The molecule has 1 atom stereocenters. The fourth-order valence-corrected chi connectivity index (χ4v) is 2.43. The highest BCUT2D eigenvalue weighted by Gasteiger charge is 2.21. The molecule has 100 valence electrons. The van der Waals surface area contributed by atoms with Crippen LogP contribution < -0.4 is 5.73 Å². The molecule has 2 aromatic rings. The molecule has 1 unspecified atom stereocenters. The summed E-state index contributed by atoms with van der Waals surface area (Å²) in [5.74, 6) is -2.94. The Morgan fingerprint density at radius 1 is 1.11 bits per heavy atom. The zero-order chi connectivity index (χ0) is 14.2. The number of hydrogen-bond donors (Lipinski definition) is 1. The van der Waals surface area contributed by atoms with Crippen LogP contribution in [-0.2, 0) is 0 Å². The van der Waals surface area contributed by atoms with E-state index in [1.54, 1.807) is 12.1 Å². The molecule has 2 aromatic carbocycles. The Bertz CT molecular complexity index is 605. The Morgan fingerprint density at radius 3 is 2.26 bits per heavy atom. The van der Waals surface area contributed by atoms with Crippen molar-refractivity contribution in [3.63, 3.8) is 0 Å². The fourth-order valence-electron chi connectivity index (χ4n) is 1.92. The zero-order valence-corrected chi connectivity index (χ0v) is 11.6. The van der Waals surface area contributed by atoms with Gasteiger partial charge in [0.15, 0.2) is 0 Å². The van der Waals surface area contributed by atoms with Crippen molar-refractivity contribution in [1.29, 1.82) is 0 Å². The molecule has 19 heavy (non-hydrogen) atoms. The molecule has 0 fully saturated rings. The van der Waals surface area contributed by atoms with Gasteiger partial charge in [-0.15, -0.1) is 0 Å². The van der Waals surface area contributed by atoms with Gasteiger partial charge in [0.2, 0.25) is 0 Å². The molecule has 0 aliphatic heterocycles. The summed E-state index contributed by atoms with van der Waals surface area (Å²) in [6, 6.07) is 5.51. The first-order valence-electron chi connectivity index (χ1n) is 5.57. The Morgan fingerprint density at radius 2 is 1.68 bits per heavy atom. The van der Waals surface area contributed by atoms with E-state index in [4.69, 9.17) is 5.73 Å². The van der Waals surface area contributed by atoms with Gasteiger partial charge in [-0.05, 0) is 18.1 Å². The van der Waals surface area contributed by atoms with Gasteiger partial charge < -0.3 is 5.73 Å². The molecular formula is C14H11BrF3N. The number of benzene rings is 2. The molecule has 2 N–H and O–H groups in total. The second-order valence-electron chi connectivity index (χ2n) is 4.24. The minimum absolute atomic E-state index is 0.340. The van der Waals surface area contributed by atoms with E-state index in [0.29, 0.717) is 22.2 Å². The summed E-state index contributed by atoms with van der Waals surface area (Å²) in [6.45, 7) is 1.84. The lowest BCUT2D eigenvalue weighted by Gasteiger charge is -2.17. The number of hydrogen-bond acceptors (Lipinski definition) is 1. The SMILES string of the molecule is Cc1cccc(C(N)c2c(F)cc(F)cc2F)c1Br. The largest absolute Gasteiger partial charge is 0.320 e. The van der Waals surface area contributed by atoms with E-state index in [2.05, 4.69) is 15.9 Å². The van der Waals surface area contributed by atoms with Crippen molar-refractivity contribution in [3.05, 3.63) is 68.9 Å². The first-order valence-corrected chi connectivity index (χ1v) is 6.36. The van der Waals surface area contributed by atoms with Crippen molar-refractivity contribution in [1.82, 2.24) is 0 Å². The first-order chi connectivity index (χ1) is 8.91. The predicted octanol–water partition coefficient (Wildman–Crippen LogP) is 4.22. The van der Waals surface area contributed by atoms with E-state index in [-0.39, 0.29) is 5.56 Å². The summed E-state index contributed by atoms with van der Waals surface area (Å²) in [4.78, 5) is 0. The average molecular weight is 330 g/mol. The van der Waals surface area contributed by atoms with E-state index in [1.165, 1.54) is 0 Å². The van der Waals surface area contributed by atoms with Crippen molar-refractivity contribution >= 4 is 15.9 Å².